The Morgan fingerprint density at radius 3 is 2.44 bits per heavy atom. The molecule has 1 heterocycles. The lowest BCUT2D eigenvalue weighted by Gasteiger charge is -2.33. The van der Waals surface area contributed by atoms with Gasteiger partial charge in [-0.2, -0.15) is 0 Å². The normalized spacial score (nSPS) is 20.4. The van der Waals surface area contributed by atoms with Crippen LogP contribution in [0.15, 0.2) is 30.3 Å². The number of benzene rings is 1. The third-order valence-corrected chi connectivity index (χ3v) is 6.24. The maximum atomic E-state index is 13.2. The van der Waals surface area contributed by atoms with Crippen LogP contribution in [0.3, 0.4) is 0 Å². The van der Waals surface area contributed by atoms with Gasteiger partial charge in [-0.1, -0.05) is 88.9 Å². The summed E-state index contributed by atoms with van der Waals surface area (Å²) in [6.45, 7) is 11.0. The van der Waals surface area contributed by atoms with Crippen molar-refractivity contribution in [3.63, 3.8) is 0 Å². The highest BCUT2D eigenvalue weighted by Crippen LogP contribution is 2.32. The van der Waals surface area contributed by atoms with Crippen molar-refractivity contribution < 1.29 is 9.53 Å². The number of nitrogens with zero attached hydrogens (tertiary/aromatic N) is 1. The van der Waals surface area contributed by atoms with Gasteiger partial charge in [-0.05, 0) is 17.4 Å². The number of thioether (sulfide) groups is 1. The SMILES string of the molecule is CC(C)[C@@H](OCc1ccccc1)[C@@H](C)C(=O)N1C(=S)SC[C@@H]1C(C)C. The Kier molecular flexibility index (Phi) is 7.47. The lowest BCUT2D eigenvalue weighted by atomic mass is 9.92. The lowest BCUT2D eigenvalue weighted by molar-refractivity contribution is -0.140. The Hall–Kier alpha value is -0.910. The first-order valence-electron chi connectivity index (χ1n) is 8.98. The van der Waals surface area contributed by atoms with E-state index < -0.39 is 0 Å². The summed E-state index contributed by atoms with van der Waals surface area (Å²) in [4.78, 5) is 15.0. The molecular weight excluding hydrogens is 350 g/mol. The van der Waals surface area contributed by atoms with Crippen molar-refractivity contribution in [1.82, 2.24) is 4.90 Å². The van der Waals surface area contributed by atoms with E-state index in [-0.39, 0.29) is 29.9 Å². The number of hydrogen-bond acceptors (Lipinski definition) is 4. The minimum Gasteiger partial charge on any atom is -0.372 e. The molecule has 1 aliphatic heterocycles. The molecule has 3 nitrogen and oxygen atoms in total. The summed E-state index contributed by atoms with van der Waals surface area (Å²) in [5.41, 5.74) is 1.13. The summed E-state index contributed by atoms with van der Waals surface area (Å²) < 4.78 is 6.87. The molecule has 0 spiro atoms. The highest BCUT2D eigenvalue weighted by atomic mass is 32.2. The van der Waals surface area contributed by atoms with Gasteiger partial charge in [-0.15, -0.1) is 0 Å². The van der Waals surface area contributed by atoms with Crippen molar-refractivity contribution in [2.45, 2.75) is 53.4 Å². The molecule has 1 aliphatic rings. The van der Waals surface area contributed by atoms with Crippen LogP contribution in [0.25, 0.3) is 0 Å². The highest BCUT2D eigenvalue weighted by Gasteiger charge is 2.40. The van der Waals surface area contributed by atoms with Gasteiger partial charge < -0.3 is 4.74 Å². The third kappa shape index (κ3) is 5.05. The fourth-order valence-corrected chi connectivity index (χ4v) is 4.86. The van der Waals surface area contributed by atoms with E-state index in [0.29, 0.717) is 16.8 Å². The summed E-state index contributed by atoms with van der Waals surface area (Å²) >= 11 is 7.07. The third-order valence-electron chi connectivity index (χ3n) is 4.74. The Morgan fingerprint density at radius 2 is 1.88 bits per heavy atom. The van der Waals surface area contributed by atoms with Crippen LogP contribution in [0.4, 0.5) is 0 Å². The molecular formula is C20H29NO2S2. The zero-order valence-electron chi connectivity index (χ0n) is 15.8. The van der Waals surface area contributed by atoms with Gasteiger partial charge in [0.25, 0.3) is 0 Å². The smallest absolute Gasteiger partial charge is 0.233 e. The number of amides is 1. The van der Waals surface area contributed by atoms with Crippen LogP contribution < -0.4 is 0 Å². The largest absolute Gasteiger partial charge is 0.372 e. The van der Waals surface area contributed by atoms with E-state index in [0.717, 1.165) is 11.3 Å². The van der Waals surface area contributed by atoms with Crippen molar-refractivity contribution in [3.05, 3.63) is 35.9 Å². The van der Waals surface area contributed by atoms with Crippen LogP contribution in [-0.2, 0) is 16.1 Å². The molecule has 3 atom stereocenters. The summed E-state index contributed by atoms with van der Waals surface area (Å²) in [6.07, 6.45) is -0.131. The topological polar surface area (TPSA) is 29.5 Å². The quantitative estimate of drug-likeness (QED) is 0.640. The average Bonchev–Trinajstić information content (AvgIpc) is 2.96. The van der Waals surface area contributed by atoms with Gasteiger partial charge in [0.1, 0.15) is 4.32 Å². The maximum Gasteiger partial charge on any atom is 0.233 e. The first-order chi connectivity index (χ1) is 11.8. The predicted octanol–water partition coefficient (Wildman–Crippen LogP) is 4.75. The highest BCUT2D eigenvalue weighted by molar-refractivity contribution is 8.23. The van der Waals surface area contributed by atoms with Crippen molar-refractivity contribution in [2.24, 2.45) is 17.8 Å². The van der Waals surface area contributed by atoms with E-state index >= 15 is 0 Å². The second-order valence-electron chi connectivity index (χ2n) is 7.39. The van der Waals surface area contributed by atoms with Gasteiger partial charge in [-0.25, -0.2) is 0 Å². The molecule has 1 fully saturated rings. The molecule has 1 amide bonds. The first kappa shape index (κ1) is 20.4. The Morgan fingerprint density at radius 1 is 1.24 bits per heavy atom. The van der Waals surface area contributed by atoms with E-state index in [1.807, 2.05) is 42.2 Å². The Labute approximate surface area is 161 Å². The fraction of sp³-hybridized carbons (Fsp3) is 0.600. The lowest BCUT2D eigenvalue weighted by Crippen LogP contribution is -2.47. The van der Waals surface area contributed by atoms with Gasteiger partial charge in [0.15, 0.2) is 0 Å². The van der Waals surface area contributed by atoms with Crippen LogP contribution in [0.1, 0.15) is 40.2 Å². The van der Waals surface area contributed by atoms with Crippen LogP contribution in [0.2, 0.25) is 0 Å². The molecule has 1 aromatic carbocycles. The van der Waals surface area contributed by atoms with Crippen molar-refractivity contribution >= 4 is 34.2 Å². The second-order valence-corrected chi connectivity index (χ2v) is 9.04. The fourth-order valence-electron chi connectivity index (χ4n) is 3.22. The van der Waals surface area contributed by atoms with Gasteiger partial charge >= 0.3 is 0 Å². The maximum absolute atomic E-state index is 13.2. The van der Waals surface area contributed by atoms with Crippen LogP contribution >= 0.6 is 24.0 Å². The first-order valence-corrected chi connectivity index (χ1v) is 10.4. The summed E-state index contributed by atoms with van der Waals surface area (Å²) in [6, 6.07) is 10.3. The minimum atomic E-state index is -0.221. The molecule has 1 saturated heterocycles. The molecule has 0 bridgehead atoms. The zero-order chi connectivity index (χ0) is 18.6. The molecule has 0 N–H and O–H groups in total. The summed E-state index contributed by atoms with van der Waals surface area (Å²) in [5.74, 6) is 1.42. The summed E-state index contributed by atoms with van der Waals surface area (Å²) in [5, 5.41) is 0. The van der Waals surface area contributed by atoms with E-state index in [9.17, 15) is 4.79 Å². The number of hydrogen-bond donors (Lipinski definition) is 0. The predicted molar refractivity (Wildman–Crippen MR) is 110 cm³/mol. The molecule has 0 aromatic heterocycles. The number of ether oxygens (including phenoxy) is 1. The summed E-state index contributed by atoms with van der Waals surface area (Å²) in [7, 11) is 0. The molecule has 1 aromatic rings. The molecule has 5 heteroatoms. The number of rotatable bonds is 7. The average molecular weight is 380 g/mol. The van der Waals surface area contributed by atoms with Crippen LogP contribution in [0.5, 0.6) is 0 Å². The second kappa shape index (κ2) is 9.15. The van der Waals surface area contributed by atoms with Gasteiger partial charge in [0.05, 0.1) is 18.6 Å². The number of thiocarbonyl (C=S) groups is 1. The molecule has 0 radical (unpaired) electrons. The minimum absolute atomic E-state index is 0.0976. The van der Waals surface area contributed by atoms with E-state index in [1.165, 1.54) is 0 Å². The Balaban J connectivity index is 2.09. The molecule has 0 aliphatic carbocycles. The van der Waals surface area contributed by atoms with Crippen LogP contribution in [0, 0.1) is 17.8 Å². The van der Waals surface area contributed by atoms with Crippen molar-refractivity contribution in [1.29, 1.82) is 0 Å². The molecule has 0 saturated carbocycles. The molecule has 25 heavy (non-hydrogen) atoms. The zero-order valence-corrected chi connectivity index (χ0v) is 17.4. The van der Waals surface area contributed by atoms with Crippen molar-refractivity contribution in [2.75, 3.05) is 5.75 Å². The van der Waals surface area contributed by atoms with Crippen LogP contribution in [-0.4, -0.2) is 33.0 Å². The standard InChI is InChI=1S/C20H29NO2S2/c1-13(2)17-12-25-20(24)21(17)19(22)15(5)18(14(3)4)23-11-16-9-7-6-8-10-16/h6-10,13-15,17-18H,11-12H2,1-5H3/t15-,17-,18-/m1/s1. The van der Waals surface area contributed by atoms with Gasteiger partial charge in [-0.3, -0.25) is 9.69 Å². The van der Waals surface area contributed by atoms with E-state index in [1.54, 1.807) is 11.8 Å². The monoisotopic (exact) mass is 379 g/mol. The van der Waals surface area contributed by atoms with E-state index in [2.05, 4.69) is 27.7 Å². The number of carbonyl (C=O) groups is 1. The van der Waals surface area contributed by atoms with E-state index in [4.69, 9.17) is 17.0 Å². The molecule has 2 rings (SSSR count). The van der Waals surface area contributed by atoms with Gasteiger partial charge in [0.2, 0.25) is 5.91 Å². The molecule has 0 unspecified atom stereocenters. The van der Waals surface area contributed by atoms with Crippen molar-refractivity contribution in [3.8, 4) is 0 Å². The van der Waals surface area contributed by atoms with Gasteiger partial charge in [0, 0.05) is 11.8 Å². The Bertz CT molecular complexity index is 589. The number of carbonyl (C=O) groups excluding carboxylic acids is 1. The molecule has 138 valence electrons.